The third-order valence-electron chi connectivity index (χ3n) is 1.25. The second kappa shape index (κ2) is 3.77. The summed E-state index contributed by atoms with van der Waals surface area (Å²) in [5, 5.41) is 3.25. The highest BCUT2D eigenvalue weighted by molar-refractivity contribution is 7.99. The van der Waals surface area contributed by atoms with Crippen molar-refractivity contribution in [1.29, 1.82) is 0 Å². The summed E-state index contributed by atoms with van der Waals surface area (Å²) < 4.78 is 0. The van der Waals surface area contributed by atoms with Crippen LogP contribution in [0.1, 0.15) is 6.42 Å². The van der Waals surface area contributed by atoms with E-state index in [-0.39, 0.29) is 0 Å². The van der Waals surface area contributed by atoms with Crippen LogP contribution in [0.3, 0.4) is 0 Å². The van der Waals surface area contributed by atoms with Crippen LogP contribution in [-0.4, -0.2) is 30.9 Å². The minimum Gasteiger partial charge on any atom is -0.373 e. The van der Waals surface area contributed by atoms with E-state index in [9.17, 15) is 0 Å². The summed E-state index contributed by atoms with van der Waals surface area (Å²) in [6, 6.07) is 0. The van der Waals surface area contributed by atoms with Crippen molar-refractivity contribution in [3.63, 3.8) is 0 Å². The van der Waals surface area contributed by atoms with Gasteiger partial charge in [0.1, 0.15) is 5.84 Å². The van der Waals surface area contributed by atoms with Gasteiger partial charge in [0, 0.05) is 13.1 Å². The molecule has 0 radical (unpaired) electrons. The molecule has 1 aliphatic rings. The van der Waals surface area contributed by atoms with Gasteiger partial charge in [0.05, 0.1) is 5.75 Å². The average molecular weight is 144 g/mol. The first-order valence-corrected chi connectivity index (χ1v) is 4.59. The van der Waals surface area contributed by atoms with Gasteiger partial charge >= 0.3 is 0 Å². The van der Waals surface area contributed by atoms with E-state index in [4.69, 9.17) is 0 Å². The van der Waals surface area contributed by atoms with Gasteiger partial charge in [0.15, 0.2) is 0 Å². The molecule has 0 saturated carbocycles. The number of thioether (sulfide) groups is 1. The first-order chi connectivity index (χ1) is 4.43. The Balaban J connectivity index is 2.28. The molecule has 3 heteroatoms. The molecule has 9 heavy (non-hydrogen) atoms. The molecular formula is C6H12N2S. The summed E-state index contributed by atoms with van der Waals surface area (Å²) in [5.74, 6) is 2.22. The minimum atomic E-state index is 1.02. The van der Waals surface area contributed by atoms with Gasteiger partial charge in [-0.15, -0.1) is 0 Å². The van der Waals surface area contributed by atoms with Crippen LogP contribution in [0.25, 0.3) is 0 Å². The van der Waals surface area contributed by atoms with Crippen LogP contribution in [0, 0.1) is 0 Å². The molecule has 0 saturated heterocycles. The number of nitrogens with one attached hydrogen (secondary N) is 1. The molecular weight excluding hydrogens is 132 g/mol. The summed E-state index contributed by atoms with van der Waals surface area (Å²) in [5.41, 5.74) is 0. The normalized spacial score (nSPS) is 18.6. The van der Waals surface area contributed by atoms with E-state index in [2.05, 4.69) is 16.6 Å². The molecule has 0 atom stereocenters. The maximum atomic E-state index is 4.30. The van der Waals surface area contributed by atoms with Crippen LogP contribution in [-0.2, 0) is 0 Å². The zero-order chi connectivity index (χ0) is 6.53. The monoisotopic (exact) mass is 144 g/mol. The lowest BCUT2D eigenvalue weighted by atomic mass is 10.4. The van der Waals surface area contributed by atoms with Crippen molar-refractivity contribution in [2.45, 2.75) is 6.42 Å². The highest BCUT2D eigenvalue weighted by Gasteiger charge is 2.00. The molecule has 52 valence electrons. The van der Waals surface area contributed by atoms with Gasteiger partial charge in [-0.2, -0.15) is 11.8 Å². The summed E-state index contributed by atoms with van der Waals surface area (Å²) in [7, 11) is 0. The highest BCUT2D eigenvalue weighted by Crippen LogP contribution is 1.96. The van der Waals surface area contributed by atoms with E-state index in [0.29, 0.717) is 0 Å². The van der Waals surface area contributed by atoms with Gasteiger partial charge < -0.3 is 5.32 Å². The topological polar surface area (TPSA) is 24.4 Å². The molecule has 0 aromatic carbocycles. The van der Waals surface area contributed by atoms with Crippen LogP contribution in [0.4, 0.5) is 0 Å². The molecule has 1 heterocycles. The largest absolute Gasteiger partial charge is 0.373 e. The zero-order valence-electron chi connectivity index (χ0n) is 5.68. The summed E-state index contributed by atoms with van der Waals surface area (Å²) in [4.78, 5) is 4.30. The average Bonchev–Trinajstić information content (AvgIpc) is 1.91. The third kappa shape index (κ3) is 2.26. The van der Waals surface area contributed by atoms with Crippen molar-refractivity contribution in [2.75, 3.05) is 25.1 Å². The fourth-order valence-electron chi connectivity index (χ4n) is 0.815. The van der Waals surface area contributed by atoms with E-state index >= 15 is 0 Å². The van der Waals surface area contributed by atoms with Crippen LogP contribution >= 0.6 is 11.8 Å². The van der Waals surface area contributed by atoms with Gasteiger partial charge in [-0.3, -0.25) is 4.99 Å². The summed E-state index contributed by atoms with van der Waals surface area (Å²) >= 11 is 1.81. The number of hydrogen-bond donors (Lipinski definition) is 1. The fraction of sp³-hybridized carbons (Fsp3) is 0.833. The number of amidine groups is 1. The molecule has 1 aliphatic heterocycles. The third-order valence-corrected chi connectivity index (χ3v) is 1.81. The molecule has 0 unspecified atom stereocenters. The van der Waals surface area contributed by atoms with Gasteiger partial charge in [0.2, 0.25) is 0 Å². The minimum absolute atomic E-state index is 1.02. The van der Waals surface area contributed by atoms with Gasteiger partial charge in [0.25, 0.3) is 0 Å². The molecule has 0 aromatic heterocycles. The Morgan fingerprint density at radius 1 is 1.78 bits per heavy atom. The summed E-state index contributed by atoms with van der Waals surface area (Å²) in [6.07, 6.45) is 3.29. The maximum absolute atomic E-state index is 4.30. The predicted molar refractivity (Wildman–Crippen MR) is 43.3 cm³/mol. The van der Waals surface area contributed by atoms with E-state index in [1.54, 1.807) is 0 Å². The molecule has 0 spiro atoms. The Kier molecular flexibility index (Phi) is 2.91. The number of rotatable bonds is 2. The van der Waals surface area contributed by atoms with E-state index < -0.39 is 0 Å². The van der Waals surface area contributed by atoms with Crippen molar-refractivity contribution < 1.29 is 0 Å². The number of hydrogen-bond acceptors (Lipinski definition) is 3. The van der Waals surface area contributed by atoms with E-state index in [1.807, 2.05) is 11.8 Å². The standard InChI is InChI=1S/C6H12N2S/c1-9-5-6-7-3-2-4-8-6/h2-5H2,1H3,(H,7,8). The van der Waals surface area contributed by atoms with Gasteiger partial charge in [-0.25, -0.2) is 0 Å². The second-order valence-electron chi connectivity index (χ2n) is 2.04. The van der Waals surface area contributed by atoms with Crippen molar-refractivity contribution in [3.05, 3.63) is 0 Å². The highest BCUT2D eigenvalue weighted by atomic mass is 32.2. The molecule has 1 rings (SSSR count). The Hall–Kier alpha value is -0.180. The van der Waals surface area contributed by atoms with Crippen molar-refractivity contribution >= 4 is 17.6 Å². The molecule has 0 aromatic rings. The van der Waals surface area contributed by atoms with Gasteiger partial charge in [-0.1, -0.05) is 0 Å². The molecule has 0 fully saturated rings. The van der Waals surface area contributed by atoms with Crippen LogP contribution in [0.2, 0.25) is 0 Å². The fourth-order valence-corrected chi connectivity index (χ4v) is 1.28. The van der Waals surface area contributed by atoms with Gasteiger partial charge in [-0.05, 0) is 12.7 Å². The van der Waals surface area contributed by atoms with Crippen LogP contribution in [0.5, 0.6) is 0 Å². The van der Waals surface area contributed by atoms with E-state index in [1.165, 1.54) is 12.3 Å². The Bertz CT molecular complexity index is 112. The van der Waals surface area contributed by atoms with Crippen molar-refractivity contribution in [1.82, 2.24) is 5.32 Å². The Morgan fingerprint density at radius 3 is 3.22 bits per heavy atom. The lowest BCUT2D eigenvalue weighted by Crippen LogP contribution is -2.30. The van der Waals surface area contributed by atoms with Crippen LogP contribution in [0.15, 0.2) is 4.99 Å². The SMILES string of the molecule is CSCC1=NCCCN1. The van der Waals surface area contributed by atoms with Crippen molar-refractivity contribution in [2.24, 2.45) is 4.99 Å². The smallest absolute Gasteiger partial charge is 0.106 e. The second-order valence-corrected chi connectivity index (χ2v) is 2.91. The first-order valence-electron chi connectivity index (χ1n) is 3.19. The maximum Gasteiger partial charge on any atom is 0.106 e. The molecule has 0 aliphatic carbocycles. The number of aliphatic imine (C=N–C) groups is 1. The molecule has 0 bridgehead atoms. The molecule has 2 nitrogen and oxygen atoms in total. The molecule has 0 amide bonds. The first kappa shape index (κ1) is 6.93. The number of nitrogens with zero attached hydrogens (tertiary/aromatic N) is 1. The Morgan fingerprint density at radius 2 is 2.67 bits per heavy atom. The predicted octanol–water partition coefficient (Wildman–Crippen LogP) is 0.741. The van der Waals surface area contributed by atoms with Crippen LogP contribution < -0.4 is 5.32 Å². The lowest BCUT2D eigenvalue weighted by molar-refractivity contribution is 0.740. The van der Waals surface area contributed by atoms with Crippen molar-refractivity contribution in [3.8, 4) is 0 Å². The summed E-state index contributed by atoms with van der Waals surface area (Å²) in [6.45, 7) is 2.13. The Labute approximate surface area is 60.1 Å². The zero-order valence-corrected chi connectivity index (χ0v) is 6.50. The quantitative estimate of drug-likeness (QED) is 0.618. The van der Waals surface area contributed by atoms with E-state index in [0.717, 1.165) is 18.8 Å². The lowest BCUT2D eigenvalue weighted by Gasteiger charge is -2.12. The molecule has 1 N–H and O–H groups in total.